The summed E-state index contributed by atoms with van der Waals surface area (Å²) in [6.07, 6.45) is -6.17. The minimum Gasteiger partial charge on any atom is -0.493 e. The Labute approximate surface area is 163 Å². The van der Waals surface area contributed by atoms with Crippen LogP contribution in [0, 0.1) is 11.8 Å². The van der Waals surface area contributed by atoms with Gasteiger partial charge in [0.2, 0.25) is 0 Å². The van der Waals surface area contributed by atoms with Gasteiger partial charge in [-0.3, -0.25) is 9.69 Å². The Morgan fingerprint density at radius 3 is 3.04 bits per heavy atom. The molecular weight excluding hydrogens is 302 g/mol. The first-order chi connectivity index (χ1) is 16.6. The molecule has 4 heteroatoms. The van der Waals surface area contributed by atoms with Gasteiger partial charge in [0.15, 0.2) is 11.5 Å². The van der Waals surface area contributed by atoms with Crippen LogP contribution in [0.2, 0.25) is 0 Å². The molecule has 2 aliphatic heterocycles. The van der Waals surface area contributed by atoms with Crippen molar-refractivity contribution in [2.24, 2.45) is 11.8 Å². The first-order valence-corrected chi connectivity index (χ1v) is 7.76. The van der Waals surface area contributed by atoms with Crippen LogP contribution in [-0.4, -0.2) is 37.9 Å². The average molecular weight is 345 g/mol. The zero-order chi connectivity index (χ0) is 28.5. The Morgan fingerprint density at radius 2 is 2.33 bits per heavy atom. The molecule has 24 heavy (non-hydrogen) atoms. The van der Waals surface area contributed by atoms with Gasteiger partial charge in [0, 0.05) is 42.4 Å². The Kier molecular flexibility index (Phi) is 2.19. The molecule has 2 heterocycles. The normalized spacial score (nSPS) is 36.4. The highest BCUT2D eigenvalue weighted by atomic mass is 16.5. The number of hydrogen-bond acceptors (Lipinski definition) is 4. The number of Topliss-reactive ketones (excluding diaryl/α,β-unsaturated/α-hetero) is 1. The van der Waals surface area contributed by atoms with Crippen LogP contribution in [0.3, 0.4) is 0 Å². The Bertz CT molecular complexity index is 1060. The van der Waals surface area contributed by atoms with Gasteiger partial charge in [-0.2, -0.15) is 0 Å². The number of benzene rings is 1. The van der Waals surface area contributed by atoms with Crippen LogP contribution in [0.5, 0.6) is 11.5 Å². The summed E-state index contributed by atoms with van der Waals surface area (Å²) >= 11 is 0. The number of fused-ring (bicyclic) bond motifs is 3. The summed E-state index contributed by atoms with van der Waals surface area (Å²) in [7, 11) is -1.74. The lowest BCUT2D eigenvalue weighted by Crippen LogP contribution is -2.46. The maximum absolute atomic E-state index is 13.3. The molecule has 132 valence electrons. The van der Waals surface area contributed by atoms with Gasteiger partial charge < -0.3 is 9.47 Å². The zero-order valence-corrected chi connectivity index (χ0v) is 13.7. The lowest BCUT2D eigenvalue weighted by Gasteiger charge is -2.43. The monoisotopic (exact) mass is 344 g/mol. The van der Waals surface area contributed by atoms with E-state index in [2.05, 4.69) is 0 Å². The third kappa shape index (κ3) is 3.16. The van der Waals surface area contributed by atoms with E-state index < -0.39 is 62.4 Å². The number of ether oxygens (including phenoxy) is 2. The molecule has 0 amide bonds. The molecule has 0 N–H and O–H groups in total. The van der Waals surface area contributed by atoms with E-state index in [1.54, 1.807) is 4.90 Å². The number of nitrogens with zero attached hydrogens (tertiary/aromatic N) is 1. The first kappa shape index (κ1) is 7.36. The van der Waals surface area contributed by atoms with E-state index in [9.17, 15) is 4.79 Å². The highest BCUT2D eigenvalue weighted by Gasteiger charge is 2.38. The number of methoxy groups -OCH3 is 2. The molecular formula is C20H29NO3. The van der Waals surface area contributed by atoms with Crippen LogP contribution in [0.25, 0.3) is 0 Å². The van der Waals surface area contributed by atoms with Gasteiger partial charge in [-0.15, -0.1) is 0 Å². The van der Waals surface area contributed by atoms with Crippen molar-refractivity contribution < 1.29 is 32.1 Å². The molecule has 0 aliphatic carbocycles. The van der Waals surface area contributed by atoms with Crippen molar-refractivity contribution in [1.29, 1.82) is 0 Å². The minimum absolute atomic E-state index is 0.169. The molecule has 3 unspecified atom stereocenters. The van der Waals surface area contributed by atoms with E-state index in [1.165, 1.54) is 7.11 Å². The van der Waals surface area contributed by atoms with Crippen molar-refractivity contribution in [2.75, 3.05) is 27.2 Å². The average Bonchev–Trinajstić information content (AvgIpc) is 2.73. The third-order valence-corrected chi connectivity index (χ3v) is 4.54. The van der Waals surface area contributed by atoms with Crippen molar-refractivity contribution in [3.8, 4) is 11.5 Å². The molecule has 0 spiro atoms. The number of carbonyl (C=O) groups excluding carboxylic acids is 1. The molecule has 0 aromatic heterocycles. The first-order valence-electron chi connectivity index (χ1n) is 14.3. The number of rotatable bonds is 5. The summed E-state index contributed by atoms with van der Waals surface area (Å²) in [5.74, 6) is -6.39. The fraction of sp³-hybridized carbons (Fsp3) is 0.650. The Hall–Kier alpha value is -1.55. The standard InChI is InChI=1S/C20H29NO3/c1-5-13(2)8-15-12-21-7-6-14-9-19(23-3)20(24-4)10-16(14)17(21)11-18(15)22/h9-10,13,15,17H,5-8,11-12H2,1-4H3/i2D3,4D3,5D2,8D2,9D,10D,13D. The second-order valence-corrected chi connectivity index (χ2v) is 5.86. The molecule has 3 atom stereocenters. The number of piperidine rings is 1. The van der Waals surface area contributed by atoms with Gasteiger partial charge in [0.1, 0.15) is 5.78 Å². The van der Waals surface area contributed by atoms with E-state index in [-0.39, 0.29) is 42.9 Å². The van der Waals surface area contributed by atoms with E-state index in [1.807, 2.05) is 0 Å². The molecule has 0 radical (unpaired) electrons. The summed E-state index contributed by atoms with van der Waals surface area (Å²) < 4.78 is 115. The smallest absolute Gasteiger partial charge is 0.161 e. The van der Waals surface area contributed by atoms with Crippen molar-refractivity contribution >= 4 is 5.78 Å². The molecule has 4 nitrogen and oxygen atoms in total. The van der Waals surface area contributed by atoms with E-state index in [0.717, 1.165) is 6.92 Å². The highest BCUT2D eigenvalue weighted by molar-refractivity contribution is 5.83. The molecule has 1 fully saturated rings. The SMILES string of the molecule is [2H]c1c2c(c([2H])c(OC([2H])([2H])[2H])c1OC)C1CC(=O)C(C([2H])([2H])C([2H])(C([2H])([2H])[2H])C([2H])([2H])C)CN1CC2. The molecule has 1 aromatic rings. The number of ketones is 1. The fourth-order valence-electron chi connectivity index (χ4n) is 3.30. The molecule has 1 saturated heterocycles. The van der Waals surface area contributed by atoms with Gasteiger partial charge in [0.25, 0.3) is 0 Å². The van der Waals surface area contributed by atoms with Gasteiger partial charge in [-0.1, -0.05) is 20.1 Å². The topological polar surface area (TPSA) is 38.8 Å². The summed E-state index contributed by atoms with van der Waals surface area (Å²) in [4.78, 5) is 15.0. The van der Waals surface area contributed by atoms with Crippen molar-refractivity contribution in [2.45, 2.75) is 45.4 Å². The summed E-state index contributed by atoms with van der Waals surface area (Å²) in [6.45, 7) is -2.74. The van der Waals surface area contributed by atoms with Crippen molar-refractivity contribution in [3.05, 3.63) is 23.2 Å². The molecule has 1 aromatic carbocycles. The van der Waals surface area contributed by atoms with E-state index >= 15 is 0 Å². The third-order valence-electron chi connectivity index (χ3n) is 4.54. The quantitative estimate of drug-likeness (QED) is 0.818. The maximum atomic E-state index is 13.3. The van der Waals surface area contributed by atoms with Crippen LogP contribution >= 0.6 is 0 Å². The highest BCUT2D eigenvalue weighted by Crippen LogP contribution is 2.42. The number of hydrogen-bond donors (Lipinski definition) is 0. The van der Waals surface area contributed by atoms with Crippen LogP contribution in [0.15, 0.2) is 12.1 Å². The molecule has 2 aliphatic rings. The van der Waals surface area contributed by atoms with Crippen LogP contribution in [0.4, 0.5) is 0 Å². The van der Waals surface area contributed by atoms with Crippen molar-refractivity contribution in [3.63, 3.8) is 0 Å². The summed E-state index contributed by atoms with van der Waals surface area (Å²) in [5.41, 5.74) is 0.528. The summed E-state index contributed by atoms with van der Waals surface area (Å²) in [6, 6.07) is -1.43. The number of carbonyl (C=O) groups is 1. The largest absolute Gasteiger partial charge is 0.493 e. The molecule has 3 rings (SSSR count). The van der Waals surface area contributed by atoms with E-state index in [4.69, 9.17) is 27.3 Å². The Balaban J connectivity index is 2.10. The van der Waals surface area contributed by atoms with Gasteiger partial charge >= 0.3 is 0 Å². The van der Waals surface area contributed by atoms with Crippen LogP contribution in [0.1, 0.15) is 67.9 Å². The lowest BCUT2D eigenvalue weighted by atomic mass is 9.79. The maximum Gasteiger partial charge on any atom is 0.161 e. The second-order valence-electron chi connectivity index (χ2n) is 5.86. The van der Waals surface area contributed by atoms with Gasteiger partial charge in [-0.05, 0) is 41.9 Å². The minimum atomic E-state index is -3.40. The fourth-order valence-corrected chi connectivity index (χ4v) is 3.30. The summed E-state index contributed by atoms with van der Waals surface area (Å²) in [5, 5.41) is 0. The van der Waals surface area contributed by atoms with E-state index in [0.29, 0.717) is 5.56 Å². The lowest BCUT2D eigenvalue weighted by molar-refractivity contribution is -0.129. The van der Waals surface area contributed by atoms with Crippen molar-refractivity contribution in [1.82, 2.24) is 4.90 Å². The predicted molar refractivity (Wildman–Crippen MR) is 94.8 cm³/mol. The molecule has 0 saturated carbocycles. The van der Waals surface area contributed by atoms with Gasteiger partial charge in [-0.25, -0.2) is 0 Å². The Morgan fingerprint density at radius 1 is 1.50 bits per heavy atom. The second kappa shape index (κ2) is 7.14. The van der Waals surface area contributed by atoms with Crippen LogP contribution < -0.4 is 9.47 Å². The zero-order valence-electron chi connectivity index (χ0n) is 26.7. The van der Waals surface area contributed by atoms with Crippen LogP contribution in [-0.2, 0) is 11.2 Å². The predicted octanol–water partition coefficient (Wildman–Crippen LogP) is 3.63. The molecule has 0 bridgehead atoms. The van der Waals surface area contributed by atoms with Gasteiger partial charge in [0.05, 0.1) is 21.0 Å².